The molecule has 2 N–H and O–H groups in total. The van der Waals surface area contributed by atoms with E-state index in [1.54, 1.807) is 4.68 Å². The van der Waals surface area contributed by atoms with Crippen LogP contribution < -0.4 is 15.4 Å². The maximum Gasteiger partial charge on any atom is 0.235 e. The average molecular weight is 396 g/mol. The number of hydrogen-bond donors (Lipinski definition) is 2. The van der Waals surface area contributed by atoms with Gasteiger partial charge in [-0.1, -0.05) is 6.92 Å². The molecule has 29 heavy (non-hydrogen) atoms. The summed E-state index contributed by atoms with van der Waals surface area (Å²) in [6.07, 6.45) is 4.63. The summed E-state index contributed by atoms with van der Waals surface area (Å²) >= 11 is 0. The fraction of sp³-hybridized carbons (Fsp3) is 0.591. The van der Waals surface area contributed by atoms with Gasteiger partial charge in [0.15, 0.2) is 0 Å². The monoisotopic (exact) mass is 396 g/mol. The number of aromatic nitrogens is 2. The van der Waals surface area contributed by atoms with Crippen molar-refractivity contribution in [2.75, 3.05) is 13.1 Å². The van der Waals surface area contributed by atoms with Gasteiger partial charge in [0.2, 0.25) is 11.8 Å². The predicted molar refractivity (Wildman–Crippen MR) is 109 cm³/mol. The third-order valence-corrected chi connectivity index (χ3v) is 7.06. The van der Waals surface area contributed by atoms with Crippen LogP contribution in [0, 0.1) is 11.3 Å². The largest absolute Gasteiger partial charge is 0.490 e. The number of ether oxygens (including phenoxy) is 1. The van der Waals surface area contributed by atoms with Crippen molar-refractivity contribution in [3.05, 3.63) is 23.9 Å². The molecule has 1 saturated carbocycles. The molecule has 3 heterocycles. The summed E-state index contributed by atoms with van der Waals surface area (Å²) < 4.78 is 8.20. The van der Waals surface area contributed by atoms with Crippen LogP contribution in [0.15, 0.2) is 18.2 Å². The Balaban J connectivity index is 1.36. The van der Waals surface area contributed by atoms with Gasteiger partial charge in [0.25, 0.3) is 0 Å². The van der Waals surface area contributed by atoms with Gasteiger partial charge >= 0.3 is 0 Å². The van der Waals surface area contributed by atoms with Crippen molar-refractivity contribution in [3.63, 3.8) is 0 Å². The summed E-state index contributed by atoms with van der Waals surface area (Å²) in [5.74, 6) is 0.552. The maximum atomic E-state index is 12.3. The smallest absolute Gasteiger partial charge is 0.235 e. The highest BCUT2D eigenvalue weighted by atomic mass is 16.5. The zero-order valence-corrected chi connectivity index (χ0v) is 17.0. The number of aryl methyl sites for hydroxylation is 1. The number of amides is 2. The SMILES string of the molecule is C[C@@H]1CC2(CC[C@H]1Oc1ccc3c(C4CCC(=O)NC4=O)nn(C)c3c1)CNC2. The Morgan fingerprint density at radius 1 is 1.24 bits per heavy atom. The van der Waals surface area contributed by atoms with Gasteiger partial charge in [0, 0.05) is 38.0 Å². The third kappa shape index (κ3) is 3.21. The van der Waals surface area contributed by atoms with Gasteiger partial charge in [-0.2, -0.15) is 5.10 Å². The number of nitrogens with zero attached hydrogens (tertiary/aromatic N) is 2. The molecule has 2 aliphatic heterocycles. The number of carbonyl (C=O) groups excluding carboxylic acids is 2. The molecule has 3 atom stereocenters. The van der Waals surface area contributed by atoms with E-state index in [0.717, 1.165) is 41.9 Å². The van der Waals surface area contributed by atoms with Crippen molar-refractivity contribution in [1.82, 2.24) is 20.4 Å². The van der Waals surface area contributed by atoms with E-state index in [1.807, 2.05) is 25.2 Å². The molecular weight excluding hydrogens is 368 g/mol. The molecule has 2 aromatic rings. The van der Waals surface area contributed by atoms with Gasteiger partial charge in [-0.15, -0.1) is 0 Å². The highest BCUT2D eigenvalue weighted by molar-refractivity contribution is 6.02. The van der Waals surface area contributed by atoms with Crippen molar-refractivity contribution in [1.29, 1.82) is 0 Å². The second-order valence-corrected chi connectivity index (χ2v) is 9.17. The van der Waals surface area contributed by atoms with Crippen LogP contribution in [0.25, 0.3) is 10.9 Å². The molecule has 1 spiro atoms. The molecule has 1 unspecified atom stereocenters. The molecular formula is C22H28N4O3. The first kappa shape index (κ1) is 18.6. The molecule has 3 aliphatic rings. The van der Waals surface area contributed by atoms with Crippen LogP contribution in [0.2, 0.25) is 0 Å². The number of piperidine rings is 1. The van der Waals surface area contributed by atoms with Gasteiger partial charge in [-0.3, -0.25) is 19.6 Å². The zero-order chi connectivity index (χ0) is 20.2. The molecule has 154 valence electrons. The van der Waals surface area contributed by atoms with Gasteiger partial charge in [-0.25, -0.2) is 0 Å². The number of rotatable bonds is 3. The Bertz CT molecular complexity index is 978. The van der Waals surface area contributed by atoms with Crippen molar-refractivity contribution >= 4 is 22.7 Å². The number of benzene rings is 1. The number of imide groups is 1. The molecule has 0 radical (unpaired) electrons. The lowest BCUT2D eigenvalue weighted by Gasteiger charge is -2.49. The van der Waals surface area contributed by atoms with Crippen LogP contribution in [0.1, 0.15) is 50.6 Å². The number of carbonyl (C=O) groups is 2. The zero-order valence-electron chi connectivity index (χ0n) is 17.0. The summed E-state index contributed by atoms with van der Waals surface area (Å²) in [6.45, 7) is 4.59. The highest BCUT2D eigenvalue weighted by Gasteiger charge is 2.44. The molecule has 2 saturated heterocycles. The lowest BCUT2D eigenvalue weighted by Crippen LogP contribution is -2.57. The van der Waals surface area contributed by atoms with E-state index in [-0.39, 0.29) is 23.8 Å². The van der Waals surface area contributed by atoms with Crippen molar-refractivity contribution in [2.24, 2.45) is 18.4 Å². The minimum atomic E-state index is -0.381. The predicted octanol–water partition coefficient (Wildman–Crippen LogP) is 2.25. The van der Waals surface area contributed by atoms with Crippen molar-refractivity contribution in [3.8, 4) is 5.75 Å². The lowest BCUT2D eigenvalue weighted by molar-refractivity contribution is -0.134. The van der Waals surface area contributed by atoms with E-state index in [1.165, 1.54) is 12.8 Å². The Morgan fingerprint density at radius 3 is 2.76 bits per heavy atom. The first-order valence-corrected chi connectivity index (χ1v) is 10.6. The van der Waals surface area contributed by atoms with Crippen molar-refractivity contribution < 1.29 is 14.3 Å². The van der Waals surface area contributed by atoms with E-state index >= 15 is 0 Å². The fourth-order valence-corrected chi connectivity index (χ4v) is 5.35. The number of nitrogens with one attached hydrogen (secondary N) is 2. The van der Waals surface area contributed by atoms with Crippen LogP contribution in [0.4, 0.5) is 0 Å². The topological polar surface area (TPSA) is 85.2 Å². The van der Waals surface area contributed by atoms with E-state index in [0.29, 0.717) is 24.2 Å². The van der Waals surface area contributed by atoms with Gasteiger partial charge < -0.3 is 10.1 Å². The molecule has 5 rings (SSSR count). The van der Waals surface area contributed by atoms with Gasteiger partial charge in [0.1, 0.15) is 11.9 Å². The number of hydrogen-bond acceptors (Lipinski definition) is 5. The minimum Gasteiger partial charge on any atom is -0.490 e. The standard InChI is InChI=1S/C22H28N4O3/c1-13-10-22(11-23-12-22)8-7-18(13)29-14-3-4-15-17(9-14)26(2)25-20(15)16-5-6-19(27)24-21(16)28/h3-4,9,13,16,18,23H,5-8,10-12H2,1-2H3,(H,24,27,28)/t13-,16?,18-/m1/s1. The Kier molecular flexibility index (Phi) is 4.38. The first-order chi connectivity index (χ1) is 13.9. The fourth-order valence-electron chi connectivity index (χ4n) is 5.35. The van der Waals surface area contributed by atoms with Crippen LogP contribution >= 0.6 is 0 Å². The molecule has 7 nitrogen and oxygen atoms in total. The quantitative estimate of drug-likeness (QED) is 0.778. The van der Waals surface area contributed by atoms with E-state index in [2.05, 4.69) is 22.7 Å². The normalized spacial score (nSPS) is 29.0. The second-order valence-electron chi connectivity index (χ2n) is 9.17. The van der Waals surface area contributed by atoms with Gasteiger partial charge in [0.05, 0.1) is 17.1 Å². The molecule has 1 aromatic heterocycles. The van der Waals surface area contributed by atoms with E-state index in [9.17, 15) is 9.59 Å². The van der Waals surface area contributed by atoms with Crippen molar-refractivity contribution in [2.45, 2.75) is 51.0 Å². The third-order valence-electron chi connectivity index (χ3n) is 7.06. The number of fused-ring (bicyclic) bond motifs is 1. The minimum absolute atomic E-state index is 0.205. The summed E-state index contributed by atoms with van der Waals surface area (Å²) in [5, 5.41) is 11.4. The Morgan fingerprint density at radius 2 is 2.07 bits per heavy atom. The highest BCUT2D eigenvalue weighted by Crippen LogP contribution is 2.43. The van der Waals surface area contributed by atoms with Crippen LogP contribution in [0.5, 0.6) is 5.75 Å². The van der Waals surface area contributed by atoms with Crippen LogP contribution in [-0.2, 0) is 16.6 Å². The maximum absolute atomic E-state index is 12.3. The van der Waals surface area contributed by atoms with Crippen LogP contribution in [0.3, 0.4) is 0 Å². The lowest BCUT2D eigenvalue weighted by atomic mass is 9.65. The average Bonchev–Trinajstić information content (AvgIpc) is 2.98. The molecule has 2 amide bonds. The summed E-state index contributed by atoms with van der Waals surface area (Å²) in [7, 11) is 1.89. The summed E-state index contributed by atoms with van der Waals surface area (Å²) in [4.78, 5) is 23.8. The first-order valence-electron chi connectivity index (χ1n) is 10.6. The summed E-state index contributed by atoms with van der Waals surface area (Å²) in [6, 6.07) is 6.02. The van der Waals surface area contributed by atoms with E-state index < -0.39 is 0 Å². The Labute approximate surface area is 170 Å². The van der Waals surface area contributed by atoms with E-state index in [4.69, 9.17) is 4.74 Å². The second kappa shape index (κ2) is 6.83. The molecule has 1 aliphatic carbocycles. The molecule has 7 heteroatoms. The van der Waals surface area contributed by atoms with Crippen LogP contribution in [-0.4, -0.2) is 40.8 Å². The molecule has 0 bridgehead atoms. The van der Waals surface area contributed by atoms with Gasteiger partial charge in [-0.05, 0) is 49.1 Å². The molecule has 1 aromatic carbocycles. The summed E-state index contributed by atoms with van der Waals surface area (Å²) in [5.41, 5.74) is 2.19. The Hall–Kier alpha value is -2.41. The molecule has 3 fully saturated rings.